The van der Waals surface area contributed by atoms with Crippen molar-refractivity contribution in [1.29, 1.82) is 0 Å². The van der Waals surface area contributed by atoms with Crippen LogP contribution in [0.3, 0.4) is 0 Å². The summed E-state index contributed by atoms with van der Waals surface area (Å²) >= 11 is 22.7. The van der Waals surface area contributed by atoms with Gasteiger partial charge in [0.25, 0.3) is 0 Å². The first-order valence-corrected chi connectivity index (χ1v) is 7.68. The van der Waals surface area contributed by atoms with Crippen LogP contribution in [-0.2, 0) is 0 Å². The molecule has 104 valence electrons. The zero-order valence-corrected chi connectivity index (χ0v) is 13.6. The van der Waals surface area contributed by atoms with Crippen LogP contribution in [0, 0.1) is 0 Å². The molecule has 7 heteroatoms. The number of carbonyl (C=O) groups is 1. The van der Waals surface area contributed by atoms with E-state index >= 15 is 0 Å². The number of halogens is 4. The summed E-state index contributed by atoms with van der Waals surface area (Å²) in [6.07, 6.45) is 0. The van der Waals surface area contributed by atoms with Crippen molar-refractivity contribution in [2.45, 2.75) is 9.79 Å². The Hall–Kier alpha value is -0.580. The zero-order chi connectivity index (χ0) is 14.7. The van der Waals surface area contributed by atoms with E-state index in [-0.39, 0.29) is 0 Å². The average Bonchev–Trinajstić information content (AvgIpc) is 2.41. The third-order valence-electron chi connectivity index (χ3n) is 2.42. The average molecular weight is 367 g/mol. The van der Waals surface area contributed by atoms with Crippen LogP contribution in [0.25, 0.3) is 0 Å². The van der Waals surface area contributed by atoms with Crippen molar-refractivity contribution in [2.75, 3.05) is 5.32 Å². The second kappa shape index (κ2) is 6.92. The Kier molecular flexibility index (Phi) is 5.47. The highest BCUT2D eigenvalue weighted by Crippen LogP contribution is 2.48. The van der Waals surface area contributed by atoms with E-state index in [0.717, 1.165) is 16.3 Å². The Labute approximate surface area is 140 Å². The minimum absolute atomic E-state index is 0.577. The number of carbonyl (C=O) groups excluding carboxylic acids is 1. The van der Waals surface area contributed by atoms with E-state index in [0.29, 0.717) is 10.0 Å². The van der Waals surface area contributed by atoms with Gasteiger partial charge >= 0.3 is 4.70 Å². The monoisotopic (exact) mass is 365 g/mol. The summed E-state index contributed by atoms with van der Waals surface area (Å²) in [6.45, 7) is 0. The number of nitrogens with one attached hydrogen (secondary N) is 1. The Bertz CT molecular complexity index is 659. The third-order valence-corrected chi connectivity index (χ3v) is 4.36. The van der Waals surface area contributed by atoms with Crippen LogP contribution in [0.5, 0.6) is 0 Å². The first-order valence-electron chi connectivity index (χ1n) is 5.36. The van der Waals surface area contributed by atoms with Gasteiger partial charge in [-0.1, -0.05) is 47.1 Å². The quantitative estimate of drug-likeness (QED) is 0.444. The molecule has 0 fully saturated rings. The molecule has 0 radical (unpaired) electrons. The van der Waals surface area contributed by atoms with Crippen molar-refractivity contribution in [1.82, 2.24) is 0 Å². The molecule has 0 aliphatic carbocycles. The molecule has 0 aromatic heterocycles. The molecular weight excluding hydrogens is 360 g/mol. The van der Waals surface area contributed by atoms with Crippen LogP contribution >= 0.6 is 58.2 Å². The van der Waals surface area contributed by atoms with Crippen molar-refractivity contribution in [3.05, 3.63) is 46.4 Å². The Morgan fingerprint density at radius 1 is 1.00 bits per heavy atom. The first-order chi connectivity index (χ1) is 9.49. The molecule has 1 aliphatic rings. The van der Waals surface area contributed by atoms with Gasteiger partial charge in [-0.2, -0.15) is 0 Å². The fourth-order valence-electron chi connectivity index (χ4n) is 1.65. The molecule has 2 aromatic rings. The molecule has 0 saturated heterocycles. The highest BCUT2D eigenvalue weighted by molar-refractivity contribution is 7.99. The SMILES string of the molecule is Clc1ccc2c(c1Cl)Nc1ccccc1S2.O=C(Cl)Cl. The van der Waals surface area contributed by atoms with Gasteiger partial charge in [0, 0.05) is 9.79 Å². The number of para-hydroxylation sites is 1. The van der Waals surface area contributed by atoms with Gasteiger partial charge in [0.15, 0.2) is 0 Å². The van der Waals surface area contributed by atoms with Crippen LogP contribution in [0.2, 0.25) is 10.0 Å². The van der Waals surface area contributed by atoms with Gasteiger partial charge in [-0.3, -0.25) is 4.79 Å². The molecule has 20 heavy (non-hydrogen) atoms. The van der Waals surface area contributed by atoms with Crippen LogP contribution in [0.15, 0.2) is 46.2 Å². The number of hydrogen-bond acceptors (Lipinski definition) is 3. The number of hydrogen-bond donors (Lipinski definition) is 1. The summed E-state index contributed by atoms with van der Waals surface area (Å²) in [4.78, 5) is 11.3. The number of benzene rings is 2. The van der Waals surface area contributed by atoms with Gasteiger partial charge in [0.05, 0.1) is 21.4 Å². The van der Waals surface area contributed by atoms with Crippen LogP contribution in [-0.4, -0.2) is 4.70 Å². The van der Waals surface area contributed by atoms with Crippen LogP contribution in [0.4, 0.5) is 16.2 Å². The molecule has 0 saturated carbocycles. The zero-order valence-electron chi connectivity index (χ0n) is 9.79. The highest BCUT2D eigenvalue weighted by atomic mass is 35.5. The minimum atomic E-state index is -0.889. The van der Waals surface area contributed by atoms with Crippen molar-refractivity contribution in [3.8, 4) is 0 Å². The molecule has 1 N–H and O–H groups in total. The molecule has 2 aromatic carbocycles. The van der Waals surface area contributed by atoms with Crippen molar-refractivity contribution >= 4 is 74.2 Å². The molecule has 0 spiro atoms. The predicted octanol–water partition coefficient (Wildman–Crippen LogP) is 6.79. The van der Waals surface area contributed by atoms with E-state index in [4.69, 9.17) is 28.0 Å². The fourth-order valence-corrected chi connectivity index (χ4v) is 3.08. The molecule has 1 aliphatic heterocycles. The van der Waals surface area contributed by atoms with Gasteiger partial charge in [0.1, 0.15) is 0 Å². The lowest BCUT2D eigenvalue weighted by Crippen LogP contribution is -2.00. The van der Waals surface area contributed by atoms with Crippen LogP contribution in [0.1, 0.15) is 0 Å². The maximum absolute atomic E-state index is 8.98. The summed E-state index contributed by atoms with van der Waals surface area (Å²) in [5.74, 6) is 0. The molecule has 3 rings (SSSR count). The minimum Gasteiger partial charge on any atom is -0.352 e. The van der Waals surface area contributed by atoms with E-state index in [1.807, 2.05) is 30.3 Å². The van der Waals surface area contributed by atoms with E-state index in [2.05, 4.69) is 34.6 Å². The molecule has 1 heterocycles. The summed E-state index contributed by atoms with van der Waals surface area (Å²) in [5, 5.41) is 4.47. The molecular formula is C13H7Cl4NOS. The van der Waals surface area contributed by atoms with Crippen molar-refractivity contribution in [3.63, 3.8) is 0 Å². The van der Waals surface area contributed by atoms with Gasteiger partial charge in [-0.15, -0.1) is 0 Å². The smallest absolute Gasteiger partial charge is 0.313 e. The van der Waals surface area contributed by atoms with E-state index in [9.17, 15) is 0 Å². The maximum Gasteiger partial charge on any atom is 0.313 e. The fraction of sp³-hybridized carbons (Fsp3) is 0. The summed E-state index contributed by atoms with van der Waals surface area (Å²) < 4.78 is -0.889. The van der Waals surface area contributed by atoms with E-state index in [1.165, 1.54) is 4.90 Å². The normalized spacial score (nSPS) is 11.4. The highest BCUT2D eigenvalue weighted by Gasteiger charge is 2.18. The third kappa shape index (κ3) is 3.74. The number of fused-ring (bicyclic) bond motifs is 2. The number of rotatable bonds is 0. The number of anilines is 2. The Balaban J connectivity index is 0.000000328. The topological polar surface area (TPSA) is 29.1 Å². The van der Waals surface area contributed by atoms with Gasteiger partial charge in [0.2, 0.25) is 0 Å². The molecule has 0 unspecified atom stereocenters. The van der Waals surface area contributed by atoms with Gasteiger partial charge in [-0.25, -0.2) is 0 Å². The van der Waals surface area contributed by atoms with E-state index < -0.39 is 4.70 Å². The van der Waals surface area contributed by atoms with Gasteiger partial charge < -0.3 is 5.32 Å². The lowest BCUT2D eigenvalue weighted by molar-refractivity contribution is 0.275. The summed E-state index contributed by atoms with van der Waals surface area (Å²) in [6, 6.07) is 11.9. The summed E-state index contributed by atoms with van der Waals surface area (Å²) in [5.41, 5.74) is 1.97. The first kappa shape index (κ1) is 15.8. The second-order valence-corrected chi connectivity index (χ2v) is 6.43. The van der Waals surface area contributed by atoms with Crippen molar-refractivity contribution < 1.29 is 4.79 Å². The second-order valence-electron chi connectivity index (χ2n) is 3.68. The largest absolute Gasteiger partial charge is 0.352 e. The molecule has 0 atom stereocenters. The van der Waals surface area contributed by atoms with Crippen LogP contribution < -0.4 is 5.32 Å². The van der Waals surface area contributed by atoms with Crippen molar-refractivity contribution in [2.24, 2.45) is 0 Å². The summed E-state index contributed by atoms with van der Waals surface area (Å²) in [7, 11) is 0. The predicted molar refractivity (Wildman–Crippen MR) is 87.4 cm³/mol. The van der Waals surface area contributed by atoms with E-state index in [1.54, 1.807) is 11.8 Å². The molecule has 0 amide bonds. The van der Waals surface area contributed by atoms with Gasteiger partial charge in [-0.05, 0) is 47.5 Å². The standard InChI is InChI=1S/C12H7Cl2NS.CCl2O/c13-7-5-6-10-12(11(7)14)15-8-3-1-2-4-9(8)16-10;2-1(3)4/h1-6,15H;. The lowest BCUT2D eigenvalue weighted by Gasteiger charge is -2.21. The molecule has 0 bridgehead atoms. The lowest BCUT2D eigenvalue weighted by atomic mass is 10.2. The molecule has 2 nitrogen and oxygen atoms in total. The Morgan fingerprint density at radius 3 is 2.35 bits per heavy atom. The maximum atomic E-state index is 8.98. The Morgan fingerprint density at radius 2 is 1.65 bits per heavy atom.